The summed E-state index contributed by atoms with van der Waals surface area (Å²) in [5.41, 5.74) is -0.116. The van der Waals surface area contributed by atoms with Gasteiger partial charge in [0.2, 0.25) is 0 Å². The predicted octanol–water partition coefficient (Wildman–Crippen LogP) is 1.95. The number of aromatic nitrogens is 1. The number of rotatable bonds is 3. The van der Waals surface area contributed by atoms with Crippen molar-refractivity contribution in [3.8, 4) is 11.3 Å². The number of hydrogen-bond acceptors (Lipinski definition) is 5. The minimum Gasteiger partial charge on any atom is -0.476 e. The van der Waals surface area contributed by atoms with Crippen LogP contribution in [0.1, 0.15) is 10.5 Å². The third-order valence-electron chi connectivity index (χ3n) is 2.09. The molecule has 0 aliphatic carbocycles. The van der Waals surface area contributed by atoms with E-state index in [4.69, 9.17) is 9.52 Å². The Labute approximate surface area is 94.5 Å². The zero-order valence-electron chi connectivity index (χ0n) is 8.36. The van der Waals surface area contributed by atoms with Gasteiger partial charge in [-0.05, 0) is 0 Å². The third kappa shape index (κ3) is 1.98. The Morgan fingerprint density at radius 2 is 2.24 bits per heavy atom. The fraction of sp³-hybridized carbons (Fsp3) is 0. The van der Waals surface area contributed by atoms with Gasteiger partial charge in [0.25, 0.3) is 5.69 Å². The summed E-state index contributed by atoms with van der Waals surface area (Å²) in [6, 6.07) is 5.49. The van der Waals surface area contributed by atoms with Gasteiger partial charge in [-0.3, -0.25) is 10.1 Å². The minimum absolute atomic E-state index is 0.00111. The molecule has 1 aromatic carbocycles. The molecule has 7 heteroatoms. The van der Waals surface area contributed by atoms with Crippen molar-refractivity contribution in [1.29, 1.82) is 0 Å². The molecule has 0 spiro atoms. The maximum atomic E-state index is 10.8. The summed E-state index contributed by atoms with van der Waals surface area (Å²) in [6.45, 7) is 0. The smallest absolute Gasteiger partial charge is 0.358 e. The highest BCUT2D eigenvalue weighted by Gasteiger charge is 2.18. The van der Waals surface area contributed by atoms with Crippen molar-refractivity contribution in [1.82, 2.24) is 4.98 Å². The van der Waals surface area contributed by atoms with Crippen molar-refractivity contribution in [3.05, 3.63) is 46.5 Å². The van der Waals surface area contributed by atoms with Crippen LogP contribution in [0.3, 0.4) is 0 Å². The van der Waals surface area contributed by atoms with Crippen LogP contribution in [0.4, 0.5) is 5.69 Å². The van der Waals surface area contributed by atoms with Crippen molar-refractivity contribution in [2.75, 3.05) is 0 Å². The molecule has 0 aliphatic rings. The fourth-order valence-corrected chi connectivity index (χ4v) is 1.36. The molecule has 1 aromatic heterocycles. The number of nitro benzene ring substituents is 1. The van der Waals surface area contributed by atoms with Crippen LogP contribution in [-0.4, -0.2) is 21.0 Å². The number of oxazole rings is 1. The molecule has 17 heavy (non-hydrogen) atoms. The predicted molar refractivity (Wildman–Crippen MR) is 55.6 cm³/mol. The Morgan fingerprint density at radius 1 is 1.47 bits per heavy atom. The lowest BCUT2D eigenvalue weighted by molar-refractivity contribution is -0.384. The Bertz CT molecular complexity index is 590. The van der Waals surface area contributed by atoms with Gasteiger partial charge in [-0.2, -0.15) is 0 Å². The highest BCUT2D eigenvalue weighted by Crippen LogP contribution is 2.26. The summed E-state index contributed by atoms with van der Waals surface area (Å²) >= 11 is 0. The molecule has 1 heterocycles. The number of nitrogens with zero attached hydrogens (tertiary/aromatic N) is 2. The first-order valence-corrected chi connectivity index (χ1v) is 4.51. The van der Waals surface area contributed by atoms with Crippen LogP contribution in [0.2, 0.25) is 0 Å². The molecule has 0 amide bonds. The SMILES string of the molecule is O=C(O)c1ncoc1-c1cccc([N+](=O)[O-])c1. The van der Waals surface area contributed by atoms with E-state index in [0.717, 1.165) is 6.39 Å². The molecule has 0 unspecified atom stereocenters. The number of carboxylic acid groups (broad SMARTS) is 1. The highest BCUT2D eigenvalue weighted by molar-refractivity contribution is 5.92. The second-order valence-electron chi connectivity index (χ2n) is 3.14. The highest BCUT2D eigenvalue weighted by atomic mass is 16.6. The van der Waals surface area contributed by atoms with Gasteiger partial charge >= 0.3 is 5.97 Å². The summed E-state index contributed by atoms with van der Waals surface area (Å²) in [6.07, 6.45) is 0.984. The number of aromatic carboxylic acids is 1. The van der Waals surface area contributed by atoms with E-state index in [9.17, 15) is 14.9 Å². The van der Waals surface area contributed by atoms with Gasteiger partial charge in [-0.15, -0.1) is 0 Å². The maximum Gasteiger partial charge on any atom is 0.358 e. The molecule has 0 fully saturated rings. The van der Waals surface area contributed by atoms with Crippen LogP contribution in [-0.2, 0) is 0 Å². The largest absolute Gasteiger partial charge is 0.476 e. The fourth-order valence-electron chi connectivity index (χ4n) is 1.36. The molecule has 0 aliphatic heterocycles. The number of carboxylic acids is 1. The normalized spacial score (nSPS) is 10.1. The number of benzene rings is 1. The monoisotopic (exact) mass is 234 g/mol. The van der Waals surface area contributed by atoms with Crippen LogP contribution in [0.15, 0.2) is 35.1 Å². The maximum absolute atomic E-state index is 10.8. The zero-order chi connectivity index (χ0) is 12.4. The molecule has 7 nitrogen and oxygen atoms in total. The molecule has 86 valence electrons. The van der Waals surface area contributed by atoms with E-state index in [1.807, 2.05) is 0 Å². The lowest BCUT2D eigenvalue weighted by Crippen LogP contribution is -1.98. The van der Waals surface area contributed by atoms with Gasteiger partial charge in [0, 0.05) is 17.7 Å². The standard InChI is InChI=1S/C10H6N2O5/c13-10(14)8-9(17-5-11-8)6-2-1-3-7(4-6)12(15)16/h1-5H,(H,13,14). The van der Waals surface area contributed by atoms with Crippen LogP contribution >= 0.6 is 0 Å². The molecule has 2 rings (SSSR count). The average molecular weight is 234 g/mol. The first-order chi connectivity index (χ1) is 8.09. The number of hydrogen-bond donors (Lipinski definition) is 1. The molecular formula is C10H6N2O5. The Kier molecular flexibility index (Phi) is 2.57. The summed E-state index contributed by atoms with van der Waals surface area (Å²) in [5.74, 6) is -1.25. The summed E-state index contributed by atoms with van der Waals surface area (Å²) in [4.78, 5) is 24.4. The number of nitro groups is 1. The molecule has 0 saturated heterocycles. The van der Waals surface area contributed by atoms with E-state index in [1.54, 1.807) is 0 Å². The quantitative estimate of drug-likeness (QED) is 0.642. The van der Waals surface area contributed by atoms with Gasteiger partial charge < -0.3 is 9.52 Å². The third-order valence-corrected chi connectivity index (χ3v) is 2.09. The lowest BCUT2D eigenvalue weighted by atomic mass is 10.1. The average Bonchev–Trinajstić information content (AvgIpc) is 2.78. The Balaban J connectivity index is 2.53. The zero-order valence-corrected chi connectivity index (χ0v) is 8.36. The molecule has 0 radical (unpaired) electrons. The molecule has 1 N–H and O–H groups in total. The van der Waals surface area contributed by atoms with E-state index in [1.165, 1.54) is 24.3 Å². The van der Waals surface area contributed by atoms with E-state index in [0.29, 0.717) is 5.56 Å². The Morgan fingerprint density at radius 3 is 2.88 bits per heavy atom. The van der Waals surface area contributed by atoms with Crippen molar-refractivity contribution >= 4 is 11.7 Å². The van der Waals surface area contributed by atoms with Crippen LogP contribution in [0.5, 0.6) is 0 Å². The van der Waals surface area contributed by atoms with Crippen molar-refractivity contribution in [3.63, 3.8) is 0 Å². The van der Waals surface area contributed by atoms with E-state index in [2.05, 4.69) is 4.98 Å². The second kappa shape index (κ2) is 4.05. The van der Waals surface area contributed by atoms with Gasteiger partial charge in [0.1, 0.15) is 0 Å². The van der Waals surface area contributed by atoms with Gasteiger partial charge in [0.15, 0.2) is 17.8 Å². The van der Waals surface area contributed by atoms with Gasteiger partial charge in [0.05, 0.1) is 4.92 Å². The van der Waals surface area contributed by atoms with E-state index < -0.39 is 10.9 Å². The van der Waals surface area contributed by atoms with E-state index in [-0.39, 0.29) is 17.1 Å². The van der Waals surface area contributed by atoms with Crippen LogP contribution in [0, 0.1) is 10.1 Å². The van der Waals surface area contributed by atoms with E-state index >= 15 is 0 Å². The summed E-state index contributed by atoms with van der Waals surface area (Å²) in [5, 5.41) is 19.4. The van der Waals surface area contributed by atoms with Crippen molar-refractivity contribution in [2.24, 2.45) is 0 Å². The molecular weight excluding hydrogens is 228 g/mol. The summed E-state index contributed by atoms with van der Waals surface area (Å²) in [7, 11) is 0. The van der Waals surface area contributed by atoms with Crippen molar-refractivity contribution < 1.29 is 19.2 Å². The van der Waals surface area contributed by atoms with Crippen LogP contribution in [0.25, 0.3) is 11.3 Å². The molecule has 0 bridgehead atoms. The summed E-state index contributed by atoms with van der Waals surface area (Å²) < 4.78 is 4.93. The van der Waals surface area contributed by atoms with Gasteiger partial charge in [-0.1, -0.05) is 12.1 Å². The van der Waals surface area contributed by atoms with Gasteiger partial charge in [-0.25, -0.2) is 9.78 Å². The lowest BCUT2D eigenvalue weighted by Gasteiger charge is -1.97. The molecule has 2 aromatic rings. The topological polar surface area (TPSA) is 106 Å². The minimum atomic E-state index is -1.25. The van der Waals surface area contributed by atoms with Crippen molar-refractivity contribution in [2.45, 2.75) is 0 Å². The first kappa shape index (κ1) is 10.8. The number of carbonyl (C=O) groups is 1. The second-order valence-corrected chi connectivity index (χ2v) is 3.14. The van der Waals surface area contributed by atoms with Crippen LogP contribution < -0.4 is 0 Å². The first-order valence-electron chi connectivity index (χ1n) is 4.51. The number of non-ortho nitro benzene ring substituents is 1. The Hall–Kier alpha value is -2.70. The molecule has 0 atom stereocenters. The molecule has 0 saturated carbocycles.